The second-order valence-corrected chi connectivity index (χ2v) is 7.32. The molecule has 4 aromatic rings. The van der Waals surface area contributed by atoms with E-state index in [2.05, 4.69) is 4.98 Å². The summed E-state index contributed by atoms with van der Waals surface area (Å²) in [5, 5.41) is 1.79. The number of fused-ring (bicyclic) bond motifs is 2. The van der Waals surface area contributed by atoms with E-state index in [4.69, 9.17) is 8.83 Å². The number of carbonyl (C=O) groups excluding carboxylic acids is 1. The van der Waals surface area contributed by atoms with Gasteiger partial charge in [-0.1, -0.05) is 6.07 Å². The number of nitrogens with zero attached hydrogens (tertiary/aromatic N) is 2. The lowest BCUT2D eigenvalue weighted by Gasteiger charge is -2.17. The van der Waals surface area contributed by atoms with Crippen LogP contribution in [0.15, 0.2) is 56.4 Å². The lowest BCUT2D eigenvalue weighted by molar-refractivity contribution is -0.129. The van der Waals surface area contributed by atoms with Gasteiger partial charge in [-0.3, -0.25) is 9.78 Å². The number of benzene rings is 1. The summed E-state index contributed by atoms with van der Waals surface area (Å²) in [7, 11) is 1.74. The number of furan rings is 1. The summed E-state index contributed by atoms with van der Waals surface area (Å²) in [6.45, 7) is 4.35. The summed E-state index contributed by atoms with van der Waals surface area (Å²) >= 11 is 0. The van der Waals surface area contributed by atoms with Crippen molar-refractivity contribution in [3.8, 4) is 0 Å². The van der Waals surface area contributed by atoms with Crippen molar-refractivity contribution in [2.24, 2.45) is 0 Å². The molecule has 0 bridgehead atoms. The zero-order valence-electron chi connectivity index (χ0n) is 16.7. The van der Waals surface area contributed by atoms with Gasteiger partial charge in [0, 0.05) is 48.7 Å². The summed E-state index contributed by atoms with van der Waals surface area (Å²) < 4.78 is 11.0. The first-order chi connectivity index (χ1) is 13.9. The summed E-state index contributed by atoms with van der Waals surface area (Å²) in [4.78, 5) is 31.2. The van der Waals surface area contributed by atoms with Gasteiger partial charge in [-0.2, -0.15) is 0 Å². The second-order valence-electron chi connectivity index (χ2n) is 7.32. The molecule has 29 heavy (non-hydrogen) atoms. The number of pyridine rings is 1. The van der Waals surface area contributed by atoms with Crippen molar-refractivity contribution in [2.45, 2.75) is 26.7 Å². The summed E-state index contributed by atoms with van der Waals surface area (Å²) in [6.07, 6.45) is 4.08. The van der Waals surface area contributed by atoms with E-state index in [-0.39, 0.29) is 12.3 Å². The minimum atomic E-state index is -0.482. The largest absolute Gasteiger partial charge is 0.464 e. The molecule has 0 unspecified atom stereocenters. The Morgan fingerprint density at radius 1 is 1.14 bits per heavy atom. The molecule has 3 aromatic heterocycles. The zero-order valence-corrected chi connectivity index (χ0v) is 16.7. The second kappa shape index (κ2) is 7.54. The van der Waals surface area contributed by atoms with E-state index in [0.717, 1.165) is 27.6 Å². The SMILES string of the molecule is Cc1coc2cc3oc(=O)c(CC(=O)N(C)CCc4ccccn4)c(C)c3cc12. The molecule has 1 aromatic carbocycles. The number of aryl methyl sites for hydroxylation is 2. The van der Waals surface area contributed by atoms with Gasteiger partial charge in [-0.05, 0) is 43.2 Å². The highest BCUT2D eigenvalue weighted by molar-refractivity contribution is 5.96. The highest BCUT2D eigenvalue weighted by Gasteiger charge is 2.18. The monoisotopic (exact) mass is 390 g/mol. The van der Waals surface area contributed by atoms with Crippen molar-refractivity contribution in [1.82, 2.24) is 9.88 Å². The summed E-state index contributed by atoms with van der Waals surface area (Å²) in [5.41, 5.74) is 3.76. The number of amides is 1. The number of carbonyl (C=O) groups is 1. The third kappa shape index (κ3) is 3.66. The fraction of sp³-hybridized carbons (Fsp3) is 0.261. The molecule has 0 aliphatic rings. The molecule has 0 atom stereocenters. The number of hydrogen-bond donors (Lipinski definition) is 0. The van der Waals surface area contributed by atoms with Gasteiger partial charge >= 0.3 is 5.63 Å². The molecule has 4 rings (SSSR count). The van der Waals surface area contributed by atoms with Crippen LogP contribution in [-0.2, 0) is 17.6 Å². The number of hydrogen-bond acceptors (Lipinski definition) is 5. The van der Waals surface area contributed by atoms with Crippen LogP contribution in [0.1, 0.15) is 22.4 Å². The molecule has 0 spiro atoms. The summed E-state index contributed by atoms with van der Waals surface area (Å²) in [5.74, 6) is -0.128. The molecular weight excluding hydrogens is 368 g/mol. The topological polar surface area (TPSA) is 76.6 Å². The minimum Gasteiger partial charge on any atom is -0.464 e. The van der Waals surface area contributed by atoms with E-state index in [1.807, 2.05) is 38.1 Å². The van der Waals surface area contributed by atoms with E-state index in [0.29, 0.717) is 29.7 Å². The van der Waals surface area contributed by atoms with Crippen LogP contribution >= 0.6 is 0 Å². The molecule has 3 heterocycles. The van der Waals surface area contributed by atoms with Gasteiger partial charge in [0.15, 0.2) is 0 Å². The molecule has 0 N–H and O–H groups in total. The maximum absolute atomic E-state index is 12.7. The lowest BCUT2D eigenvalue weighted by atomic mass is 10.0. The van der Waals surface area contributed by atoms with Gasteiger partial charge < -0.3 is 13.7 Å². The smallest absolute Gasteiger partial charge is 0.340 e. The molecule has 0 aliphatic heterocycles. The average molecular weight is 390 g/mol. The van der Waals surface area contributed by atoms with Crippen LogP contribution in [-0.4, -0.2) is 29.4 Å². The van der Waals surface area contributed by atoms with Crippen LogP contribution in [0.5, 0.6) is 0 Å². The summed E-state index contributed by atoms with van der Waals surface area (Å²) in [6, 6.07) is 9.40. The fourth-order valence-electron chi connectivity index (χ4n) is 3.48. The molecule has 6 heteroatoms. The highest BCUT2D eigenvalue weighted by atomic mass is 16.4. The predicted octanol–water partition coefficient (Wildman–Crippen LogP) is 3.79. The van der Waals surface area contributed by atoms with Crippen molar-refractivity contribution >= 4 is 27.8 Å². The van der Waals surface area contributed by atoms with Gasteiger partial charge in [0.2, 0.25) is 5.91 Å². The van der Waals surface area contributed by atoms with Crippen LogP contribution in [0.25, 0.3) is 21.9 Å². The molecule has 1 amide bonds. The maximum Gasteiger partial charge on any atom is 0.340 e. The van der Waals surface area contributed by atoms with Gasteiger partial charge in [0.1, 0.15) is 11.2 Å². The Labute approximate surface area is 167 Å². The quantitative estimate of drug-likeness (QED) is 0.485. The molecule has 0 saturated carbocycles. The van der Waals surface area contributed by atoms with E-state index in [1.54, 1.807) is 30.5 Å². The molecule has 0 radical (unpaired) electrons. The van der Waals surface area contributed by atoms with E-state index < -0.39 is 5.63 Å². The molecule has 6 nitrogen and oxygen atoms in total. The highest BCUT2D eigenvalue weighted by Crippen LogP contribution is 2.28. The Hall–Kier alpha value is -3.41. The standard InChI is InChI=1S/C23H22N2O4/c1-14-13-28-20-12-21-18(10-17(14)20)15(2)19(23(27)29-21)11-22(26)25(3)9-7-16-6-4-5-8-24-16/h4-6,8,10,12-13H,7,9,11H2,1-3H3. The first-order valence-electron chi connectivity index (χ1n) is 9.52. The van der Waals surface area contributed by atoms with E-state index in [1.165, 1.54) is 0 Å². The normalized spacial score (nSPS) is 11.3. The molecule has 0 aliphatic carbocycles. The zero-order chi connectivity index (χ0) is 20.5. The minimum absolute atomic E-state index is 0.00519. The Bertz CT molecular complexity index is 1250. The molecule has 148 valence electrons. The molecule has 0 fully saturated rings. The van der Waals surface area contributed by atoms with Gasteiger partial charge in [0.25, 0.3) is 0 Å². The first kappa shape index (κ1) is 18.9. The number of aromatic nitrogens is 1. The van der Waals surface area contributed by atoms with Crippen molar-refractivity contribution in [1.29, 1.82) is 0 Å². The molecule has 0 saturated heterocycles. The van der Waals surface area contributed by atoms with Crippen molar-refractivity contribution in [3.05, 3.63) is 75.6 Å². The van der Waals surface area contributed by atoms with Crippen molar-refractivity contribution in [3.63, 3.8) is 0 Å². The van der Waals surface area contributed by atoms with E-state index in [9.17, 15) is 9.59 Å². The predicted molar refractivity (Wildman–Crippen MR) is 111 cm³/mol. The van der Waals surface area contributed by atoms with Crippen LogP contribution in [0.2, 0.25) is 0 Å². The van der Waals surface area contributed by atoms with Gasteiger partial charge in [0.05, 0.1) is 18.2 Å². The first-order valence-corrected chi connectivity index (χ1v) is 9.52. The fourth-order valence-corrected chi connectivity index (χ4v) is 3.48. The van der Waals surface area contributed by atoms with Crippen molar-refractivity contribution in [2.75, 3.05) is 13.6 Å². The Balaban J connectivity index is 1.59. The average Bonchev–Trinajstić information content (AvgIpc) is 3.08. The molecular formula is C23H22N2O4. The Morgan fingerprint density at radius 2 is 1.97 bits per heavy atom. The third-order valence-corrected chi connectivity index (χ3v) is 5.36. The third-order valence-electron chi connectivity index (χ3n) is 5.36. The lowest BCUT2D eigenvalue weighted by Crippen LogP contribution is -2.32. The van der Waals surface area contributed by atoms with Crippen LogP contribution < -0.4 is 5.63 Å². The Kier molecular flexibility index (Phi) is 4.92. The van der Waals surface area contributed by atoms with Crippen LogP contribution in [0.4, 0.5) is 0 Å². The number of likely N-dealkylation sites (N-methyl/N-ethyl adjacent to an activating group) is 1. The van der Waals surface area contributed by atoms with Crippen molar-refractivity contribution < 1.29 is 13.6 Å². The maximum atomic E-state index is 12.7. The van der Waals surface area contributed by atoms with E-state index >= 15 is 0 Å². The Morgan fingerprint density at radius 3 is 2.72 bits per heavy atom. The van der Waals surface area contributed by atoms with Gasteiger partial charge in [-0.25, -0.2) is 4.79 Å². The number of rotatable bonds is 5. The van der Waals surface area contributed by atoms with Crippen LogP contribution in [0, 0.1) is 13.8 Å². The van der Waals surface area contributed by atoms with Gasteiger partial charge in [-0.15, -0.1) is 0 Å². The van der Waals surface area contributed by atoms with Crippen LogP contribution in [0.3, 0.4) is 0 Å².